The van der Waals surface area contributed by atoms with E-state index < -0.39 is 17.5 Å². The van der Waals surface area contributed by atoms with Crippen molar-refractivity contribution in [1.82, 2.24) is 4.57 Å². The first-order valence-corrected chi connectivity index (χ1v) is 8.75. The highest BCUT2D eigenvalue weighted by Gasteiger charge is 2.21. The highest BCUT2D eigenvalue weighted by atomic mass is 35.5. The number of hydrogen-bond donors (Lipinski definition) is 1. The number of nitrogens with zero attached hydrogens (tertiary/aromatic N) is 1. The molecule has 0 aliphatic heterocycles. The second kappa shape index (κ2) is 7.76. The lowest BCUT2D eigenvalue weighted by molar-refractivity contribution is -0.112. The average Bonchev–Trinajstić information content (AvgIpc) is 3.08. The van der Waals surface area contributed by atoms with Gasteiger partial charge in [-0.2, -0.15) is 0 Å². The number of ketones is 1. The molecule has 1 heterocycles. The van der Waals surface area contributed by atoms with Gasteiger partial charge in [0, 0.05) is 12.7 Å². The molecule has 0 saturated carbocycles. The van der Waals surface area contributed by atoms with E-state index in [1.165, 1.54) is 11.6 Å². The molecular formula is C21H18ClFN2O2. The fourth-order valence-electron chi connectivity index (χ4n) is 2.74. The van der Waals surface area contributed by atoms with E-state index in [4.69, 9.17) is 11.6 Å². The number of anilines is 1. The Kier molecular flexibility index (Phi) is 5.42. The largest absolute Gasteiger partial charge is 0.340 e. The van der Waals surface area contributed by atoms with Gasteiger partial charge >= 0.3 is 0 Å². The first kappa shape index (κ1) is 18.9. The predicted octanol–water partition coefficient (Wildman–Crippen LogP) is 4.77. The molecule has 27 heavy (non-hydrogen) atoms. The van der Waals surface area contributed by atoms with E-state index in [0.29, 0.717) is 6.54 Å². The SMILES string of the molecule is Cc1ccc(Cn2cccc2C(=O)C(=O)Nc2ccc(F)cc2Cl)cc1C. The van der Waals surface area contributed by atoms with Gasteiger partial charge in [0.05, 0.1) is 16.4 Å². The Morgan fingerprint density at radius 3 is 2.56 bits per heavy atom. The van der Waals surface area contributed by atoms with Gasteiger partial charge in [0.25, 0.3) is 11.7 Å². The number of amides is 1. The van der Waals surface area contributed by atoms with Gasteiger partial charge in [0.15, 0.2) is 0 Å². The van der Waals surface area contributed by atoms with E-state index in [1.54, 1.807) is 22.9 Å². The summed E-state index contributed by atoms with van der Waals surface area (Å²) in [7, 11) is 0. The molecule has 138 valence electrons. The monoisotopic (exact) mass is 384 g/mol. The van der Waals surface area contributed by atoms with Crippen molar-refractivity contribution in [3.05, 3.63) is 88.0 Å². The summed E-state index contributed by atoms with van der Waals surface area (Å²) in [5.41, 5.74) is 3.84. The molecule has 0 aliphatic carbocycles. The minimum Gasteiger partial charge on any atom is -0.340 e. The number of hydrogen-bond acceptors (Lipinski definition) is 2. The molecule has 1 aromatic heterocycles. The molecule has 0 unspecified atom stereocenters. The molecule has 0 aliphatic rings. The van der Waals surface area contributed by atoms with Gasteiger partial charge in [-0.05, 0) is 60.9 Å². The van der Waals surface area contributed by atoms with Gasteiger partial charge in [-0.3, -0.25) is 9.59 Å². The van der Waals surface area contributed by atoms with Crippen LogP contribution in [0.4, 0.5) is 10.1 Å². The van der Waals surface area contributed by atoms with E-state index in [1.807, 2.05) is 26.0 Å². The number of benzene rings is 2. The summed E-state index contributed by atoms with van der Waals surface area (Å²) in [5.74, 6) is -2.04. The lowest BCUT2D eigenvalue weighted by Gasteiger charge is -2.11. The first-order chi connectivity index (χ1) is 12.8. The molecular weight excluding hydrogens is 367 g/mol. The summed E-state index contributed by atoms with van der Waals surface area (Å²) in [6.45, 7) is 4.54. The predicted molar refractivity (Wildman–Crippen MR) is 104 cm³/mol. The minimum absolute atomic E-state index is 0.0293. The summed E-state index contributed by atoms with van der Waals surface area (Å²) >= 11 is 5.90. The van der Waals surface area contributed by atoms with Gasteiger partial charge in [0.1, 0.15) is 5.82 Å². The maximum atomic E-state index is 13.1. The van der Waals surface area contributed by atoms with Gasteiger partial charge < -0.3 is 9.88 Å². The van der Waals surface area contributed by atoms with Crippen LogP contribution in [0.5, 0.6) is 0 Å². The van der Waals surface area contributed by atoms with Crippen LogP contribution >= 0.6 is 11.6 Å². The van der Waals surface area contributed by atoms with E-state index in [0.717, 1.165) is 23.3 Å². The van der Waals surface area contributed by atoms with Crippen molar-refractivity contribution in [2.24, 2.45) is 0 Å². The van der Waals surface area contributed by atoms with E-state index >= 15 is 0 Å². The van der Waals surface area contributed by atoms with Crippen molar-refractivity contribution >= 4 is 29.0 Å². The van der Waals surface area contributed by atoms with Crippen molar-refractivity contribution in [2.75, 3.05) is 5.32 Å². The molecule has 0 fully saturated rings. The lowest BCUT2D eigenvalue weighted by Crippen LogP contribution is -2.25. The van der Waals surface area contributed by atoms with Crippen LogP contribution in [0.15, 0.2) is 54.7 Å². The molecule has 0 radical (unpaired) electrons. The molecule has 4 nitrogen and oxygen atoms in total. The molecule has 6 heteroatoms. The second-order valence-corrected chi connectivity index (χ2v) is 6.75. The number of rotatable bonds is 5. The summed E-state index contributed by atoms with van der Waals surface area (Å²) in [6.07, 6.45) is 1.75. The van der Waals surface area contributed by atoms with Crippen molar-refractivity contribution in [3.63, 3.8) is 0 Å². The Morgan fingerprint density at radius 1 is 1.07 bits per heavy atom. The number of aromatic nitrogens is 1. The van der Waals surface area contributed by atoms with Crippen LogP contribution < -0.4 is 5.32 Å². The number of carbonyl (C=O) groups is 2. The number of carbonyl (C=O) groups excluding carboxylic acids is 2. The lowest BCUT2D eigenvalue weighted by atomic mass is 10.1. The molecule has 1 N–H and O–H groups in total. The number of aryl methyl sites for hydroxylation is 2. The zero-order valence-corrected chi connectivity index (χ0v) is 15.7. The maximum absolute atomic E-state index is 13.1. The highest BCUT2D eigenvalue weighted by molar-refractivity contribution is 6.47. The molecule has 0 bridgehead atoms. The van der Waals surface area contributed by atoms with E-state index in [-0.39, 0.29) is 16.4 Å². The van der Waals surface area contributed by atoms with Gasteiger partial charge in [0.2, 0.25) is 0 Å². The van der Waals surface area contributed by atoms with Crippen LogP contribution in [0, 0.1) is 19.7 Å². The third-order valence-electron chi connectivity index (χ3n) is 4.37. The zero-order valence-electron chi connectivity index (χ0n) is 14.9. The summed E-state index contributed by atoms with van der Waals surface area (Å²) < 4.78 is 14.8. The molecule has 0 saturated heterocycles. The Labute approximate surface area is 161 Å². The van der Waals surface area contributed by atoms with Crippen molar-refractivity contribution in [2.45, 2.75) is 20.4 Å². The van der Waals surface area contributed by atoms with Crippen LogP contribution in [-0.2, 0) is 11.3 Å². The normalized spacial score (nSPS) is 10.7. The van der Waals surface area contributed by atoms with Crippen LogP contribution in [0.3, 0.4) is 0 Å². The van der Waals surface area contributed by atoms with Crippen molar-refractivity contribution in [3.8, 4) is 0 Å². The molecule has 0 spiro atoms. The Bertz CT molecular complexity index is 1030. The van der Waals surface area contributed by atoms with E-state index in [9.17, 15) is 14.0 Å². The van der Waals surface area contributed by atoms with Crippen LogP contribution in [0.25, 0.3) is 0 Å². The number of halogens is 2. The topological polar surface area (TPSA) is 51.1 Å². The van der Waals surface area contributed by atoms with Gasteiger partial charge in [-0.1, -0.05) is 29.8 Å². The maximum Gasteiger partial charge on any atom is 0.298 e. The van der Waals surface area contributed by atoms with Crippen molar-refractivity contribution in [1.29, 1.82) is 0 Å². The molecule has 0 atom stereocenters. The minimum atomic E-state index is -0.830. The Morgan fingerprint density at radius 2 is 1.85 bits per heavy atom. The average molecular weight is 385 g/mol. The molecule has 2 aromatic carbocycles. The van der Waals surface area contributed by atoms with Gasteiger partial charge in [-0.15, -0.1) is 0 Å². The number of Topliss-reactive ketones (excluding diaryl/α,β-unsaturated/α-hetero) is 1. The molecule has 3 aromatic rings. The fraction of sp³-hybridized carbons (Fsp3) is 0.143. The van der Waals surface area contributed by atoms with Crippen LogP contribution in [-0.4, -0.2) is 16.3 Å². The quantitative estimate of drug-likeness (QED) is 0.509. The highest BCUT2D eigenvalue weighted by Crippen LogP contribution is 2.22. The Hall–Kier alpha value is -2.92. The molecule has 1 amide bonds. The fourth-order valence-corrected chi connectivity index (χ4v) is 2.96. The second-order valence-electron chi connectivity index (χ2n) is 6.35. The summed E-state index contributed by atoms with van der Waals surface area (Å²) in [4.78, 5) is 24.9. The Balaban J connectivity index is 1.78. The van der Waals surface area contributed by atoms with Crippen LogP contribution in [0.1, 0.15) is 27.2 Å². The van der Waals surface area contributed by atoms with Crippen LogP contribution in [0.2, 0.25) is 5.02 Å². The zero-order chi connectivity index (χ0) is 19.6. The third kappa shape index (κ3) is 4.26. The third-order valence-corrected chi connectivity index (χ3v) is 4.68. The first-order valence-electron chi connectivity index (χ1n) is 8.37. The standard InChI is InChI=1S/C21H18ClFN2O2/c1-13-5-6-15(10-14(13)2)12-25-9-3-4-19(25)20(26)21(27)24-18-8-7-16(23)11-17(18)22/h3-11H,12H2,1-2H3,(H,24,27). The summed E-state index contributed by atoms with van der Waals surface area (Å²) in [5, 5.41) is 2.46. The smallest absolute Gasteiger partial charge is 0.298 e. The number of nitrogens with one attached hydrogen (secondary N) is 1. The van der Waals surface area contributed by atoms with Gasteiger partial charge in [-0.25, -0.2) is 4.39 Å². The van der Waals surface area contributed by atoms with Crippen molar-refractivity contribution < 1.29 is 14.0 Å². The van der Waals surface area contributed by atoms with E-state index in [2.05, 4.69) is 11.4 Å². The molecule has 3 rings (SSSR count). The summed E-state index contributed by atoms with van der Waals surface area (Å²) in [6, 6.07) is 12.9.